The number of anilines is 1. The largest absolute Gasteiger partial charge is 0.416 e. The lowest BCUT2D eigenvalue weighted by atomic mass is 10.0. The van der Waals surface area contributed by atoms with Crippen molar-refractivity contribution in [1.82, 2.24) is 29.4 Å². The Bertz CT molecular complexity index is 1580. The number of piperidine rings is 1. The number of carbonyl (C=O) groups excluding carboxylic acids is 1. The molecule has 1 N–H and O–H groups in total. The van der Waals surface area contributed by atoms with Crippen molar-refractivity contribution in [3.63, 3.8) is 0 Å². The van der Waals surface area contributed by atoms with Gasteiger partial charge in [-0.2, -0.15) is 18.3 Å². The van der Waals surface area contributed by atoms with E-state index in [0.717, 1.165) is 38.1 Å². The van der Waals surface area contributed by atoms with E-state index in [0.29, 0.717) is 35.1 Å². The molecule has 0 atom stereocenters. The van der Waals surface area contributed by atoms with E-state index in [9.17, 15) is 18.0 Å². The second-order valence-corrected chi connectivity index (χ2v) is 9.99. The Morgan fingerprint density at radius 3 is 2.65 bits per heavy atom. The fourth-order valence-corrected chi connectivity index (χ4v) is 4.76. The van der Waals surface area contributed by atoms with Gasteiger partial charge in [0.15, 0.2) is 5.65 Å². The van der Waals surface area contributed by atoms with Gasteiger partial charge in [0.2, 0.25) is 0 Å². The van der Waals surface area contributed by atoms with Crippen LogP contribution in [-0.4, -0.2) is 68.5 Å². The van der Waals surface area contributed by atoms with Crippen LogP contribution in [0.15, 0.2) is 61.2 Å². The fraction of sp³-hybridized carbons (Fsp3) is 0.310. The minimum absolute atomic E-state index is 0.0753. The summed E-state index contributed by atoms with van der Waals surface area (Å²) in [7, 11) is 4.08. The van der Waals surface area contributed by atoms with Crippen LogP contribution in [0.3, 0.4) is 0 Å². The number of likely N-dealkylation sites (tertiary alicyclic amines) is 1. The van der Waals surface area contributed by atoms with Gasteiger partial charge >= 0.3 is 6.18 Å². The summed E-state index contributed by atoms with van der Waals surface area (Å²) in [5.41, 5.74) is 1.61. The number of pyridine rings is 1. The highest BCUT2D eigenvalue weighted by Crippen LogP contribution is 2.33. The molecule has 8 nitrogen and oxygen atoms in total. The molecule has 0 radical (unpaired) electrons. The number of amides is 1. The van der Waals surface area contributed by atoms with Gasteiger partial charge in [-0.1, -0.05) is 5.92 Å². The molecule has 0 bridgehead atoms. The molecule has 1 fully saturated rings. The van der Waals surface area contributed by atoms with Crippen molar-refractivity contribution in [2.45, 2.75) is 31.6 Å². The molecule has 206 valence electrons. The molecule has 0 unspecified atom stereocenters. The first-order valence-electron chi connectivity index (χ1n) is 12.8. The van der Waals surface area contributed by atoms with Crippen molar-refractivity contribution < 1.29 is 18.0 Å². The fourth-order valence-electron chi connectivity index (χ4n) is 4.76. The van der Waals surface area contributed by atoms with Crippen LogP contribution in [0, 0.1) is 11.8 Å². The second-order valence-electron chi connectivity index (χ2n) is 9.99. The third-order valence-corrected chi connectivity index (χ3v) is 6.88. The Morgan fingerprint density at radius 2 is 1.90 bits per heavy atom. The molecule has 1 saturated heterocycles. The van der Waals surface area contributed by atoms with Gasteiger partial charge in [-0.05, 0) is 87.9 Å². The molecule has 5 rings (SSSR count). The van der Waals surface area contributed by atoms with Gasteiger partial charge in [0.1, 0.15) is 5.69 Å². The third kappa shape index (κ3) is 6.47. The van der Waals surface area contributed by atoms with Crippen LogP contribution in [-0.2, 0) is 12.7 Å². The van der Waals surface area contributed by atoms with Gasteiger partial charge in [0.25, 0.3) is 5.91 Å². The van der Waals surface area contributed by atoms with E-state index in [4.69, 9.17) is 0 Å². The number of hydrogen-bond acceptors (Lipinski definition) is 6. The molecule has 1 aromatic carbocycles. The number of fused-ring (bicyclic) bond motifs is 1. The SMILES string of the molecule is CN(C)C1CCN(Cc2cc(NC(=O)c3cncc(C#Cc4cnc5cccnn45)c3)cc(C(F)(F)F)c2)CC1. The topological polar surface area (TPSA) is 78.7 Å². The number of nitrogens with zero attached hydrogens (tertiary/aromatic N) is 6. The summed E-state index contributed by atoms with van der Waals surface area (Å²) in [6, 6.07) is 9.28. The van der Waals surface area contributed by atoms with Gasteiger partial charge < -0.3 is 10.2 Å². The maximum Gasteiger partial charge on any atom is 0.416 e. The van der Waals surface area contributed by atoms with Gasteiger partial charge in [0.05, 0.1) is 17.3 Å². The first-order chi connectivity index (χ1) is 19.2. The van der Waals surface area contributed by atoms with Crippen LogP contribution < -0.4 is 5.32 Å². The minimum atomic E-state index is -4.54. The van der Waals surface area contributed by atoms with E-state index < -0.39 is 17.6 Å². The molecule has 1 aliphatic rings. The summed E-state index contributed by atoms with van der Waals surface area (Å²) < 4.78 is 42.7. The van der Waals surface area contributed by atoms with Crippen LogP contribution in [0.2, 0.25) is 0 Å². The number of carbonyl (C=O) groups is 1. The number of alkyl halides is 3. The average molecular weight is 548 g/mol. The van der Waals surface area contributed by atoms with Crippen LogP contribution in [0.5, 0.6) is 0 Å². The van der Waals surface area contributed by atoms with E-state index in [1.807, 2.05) is 14.1 Å². The van der Waals surface area contributed by atoms with Crippen LogP contribution >= 0.6 is 0 Å². The summed E-state index contributed by atoms with van der Waals surface area (Å²) in [6.45, 7) is 1.97. The smallest absolute Gasteiger partial charge is 0.322 e. The number of benzene rings is 1. The zero-order valence-electron chi connectivity index (χ0n) is 22.1. The third-order valence-electron chi connectivity index (χ3n) is 6.88. The molecule has 4 heterocycles. The van der Waals surface area contributed by atoms with Crippen LogP contribution in [0.1, 0.15) is 45.6 Å². The van der Waals surface area contributed by atoms with Crippen molar-refractivity contribution in [1.29, 1.82) is 0 Å². The molecule has 3 aromatic heterocycles. The zero-order valence-corrected chi connectivity index (χ0v) is 22.1. The Hall–Kier alpha value is -4.27. The van der Waals surface area contributed by atoms with E-state index >= 15 is 0 Å². The van der Waals surface area contributed by atoms with Crippen LogP contribution in [0.25, 0.3) is 5.65 Å². The summed E-state index contributed by atoms with van der Waals surface area (Å²) in [5.74, 6) is 5.33. The predicted octanol–water partition coefficient (Wildman–Crippen LogP) is 4.32. The molecule has 0 spiro atoms. The summed E-state index contributed by atoms with van der Waals surface area (Å²) in [5, 5.41) is 6.83. The lowest BCUT2D eigenvalue weighted by molar-refractivity contribution is -0.137. The molecule has 1 amide bonds. The molecule has 11 heteroatoms. The van der Waals surface area contributed by atoms with Crippen molar-refractivity contribution in [2.75, 3.05) is 32.5 Å². The van der Waals surface area contributed by atoms with Crippen molar-refractivity contribution in [3.8, 4) is 11.8 Å². The van der Waals surface area contributed by atoms with Crippen molar-refractivity contribution >= 4 is 17.2 Å². The normalized spacial score (nSPS) is 14.8. The maximum absolute atomic E-state index is 13.7. The quantitative estimate of drug-likeness (QED) is 0.375. The molecule has 4 aromatic rings. The average Bonchev–Trinajstić information content (AvgIpc) is 3.35. The monoisotopic (exact) mass is 547 g/mol. The number of hydrogen-bond donors (Lipinski definition) is 1. The zero-order chi connectivity index (χ0) is 28.3. The van der Waals surface area contributed by atoms with E-state index in [-0.39, 0.29) is 11.3 Å². The maximum atomic E-state index is 13.7. The highest BCUT2D eigenvalue weighted by atomic mass is 19.4. The molecular weight excluding hydrogens is 519 g/mol. The van der Waals surface area contributed by atoms with Gasteiger partial charge in [0, 0.05) is 42.4 Å². The van der Waals surface area contributed by atoms with Crippen LogP contribution in [0.4, 0.5) is 18.9 Å². The standard InChI is InChI=1S/C29H28F3N7O/c1-37(2)25-7-10-38(11-8-25)19-21-13-23(29(30,31)32)15-24(14-21)36-28(40)22-12-20(16-33-17-22)5-6-26-18-34-27-4-3-9-35-39(26)27/h3-4,9,12-18,25H,7-8,10-11,19H2,1-2H3,(H,36,40). The first-order valence-corrected chi connectivity index (χ1v) is 12.8. The molecule has 0 aliphatic carbocycles. The predicted molar refractivity (Wildman–Crippen MR) is 145 cm³/mol. The second kappa shape index (κ2) is 11.5. The lowest BCUT2D eigenvalue weighted by Gasteiger charge is -2.35. The van der Waals surface area contributed by atoms with E-state index in [1.165, 1.54) is 18.5 Å². The van der Waals surface area contributed by atoms with Gasteiger partial charge in [-0.25, -0.2) is 9.50 Å². The Morgan fingerprint density at radius 1 is 1.10 bits per heavy atom. The highest BCUT2D eigenvalue weighted by molar-refractivity contribution is 6.04. The summed E-state index contributed by atoms with van der Waals surface area (Å²) in [6.07, 6.45) is 3.43. The highest BCUT2D eigenvalue weighted by Gasteiger charge is 2.32. The van der Waals surface area contributed by atoms with Crippen molar-refractivity contribution in [3.05, 3.63) is 89.1 Å². The van der Waals surface area contributed by atoms with Gasteiger partial charge in [-0.15, -0.1) is 0 Å². The number of imidazole rings is 1. The first kappa shape index (κ1) is 27.3. The number of rotatable bonds is 5. The molecular formula is C29H28F3N7O. The number of aromatic nitrogens is 4. The Balaban J connectivity index is 1.33. The Labute approximate surface area is 229 Å². The van der Waals surface area contributed by atoms with E-state index in [2.05, 4.69) is 42.0 Å². The van der Waals surface area contributed by atoms with Gasteiger partial charge in [-0.3, -0.25) is 14.7 Å². The summed E-state index contributed by atoms with van der Waals surface area (Å²) in [4.78, 5) is 25.7. The minimum Gasteiger partial charge on any atom is -0.322 e. The van der Waals surface area contributed by atoms with Crippen molar-refractivity contribution in [2.24, 2.45) is 0 Å². The molecule has 0 saturated carbocycles. The Kier molecular flexibility index (Phi) is 7.82. The summed E-state index contributed by atoms with van der Waals surface area (Å²) >= 11 is 0. The number of nitrogens with one attached hydrogen (secondary N) is 1. The number of halogens is 3. The molecule has 1 aliphatic heterocycles. The van der Waals surface area contributed by atoms with E-state index in [1.54, 1.807) is 35.1 Å². The lowest BCUT2D eigenvalue weighted by Crippen LogP contribution is -2.41. The molecule has 40 heavy (non-hydrogen) atoms.